The molecule has 4 heteroatoms. The number of likely N-dealkylation sites (N-methyl/N-ethyl adjacent to an activating group) is 1. The molecule has 5 rings (SSSR count). The van der Waals surface area contributed by atoms with E-state index < -0.39 is 72.0 Å². The number of hydrogen-bond donors (Lipinski definition) is 1. The maximum atomic E-state index is 9.50. The van der Waals surface area contributed by atoms with Gasteiger partial charge in [0.1, 0.15) is 12.2 Å². The van der Waals surface area contributed by atoms with Crippen molar-refractivity contribution >= 4 is 0 Å². The van der Waals surface area contributed by atoms with E-state index in [0.29, 0.717) is 0 Å². The van der Waals surface area contributed by atoms with Crippen molar-refractivity contribution in [2.75, 3.05) is 20.6 Å². The number of methoxy groups -OCH3 is 1. The normalized spacial score (nSPS) is 65.1. The average molecular weight is 311 g/mol. The largest absolute Gasteiger partial charge is 0.493 e. The minimum atomic E-state index is -3.10. The molecule has 22 heavy (non-hydrogen) atoms. The fourth-order valence-electron chi connectivity index (χ4n) is 3.92. The predicted molar refractivity (Wildman–Crippen MR) is 82.5 cm³/mol. The topological polar surface area (TPSA) is 41.9 Å². The molecule has 2 aliphatic heterocycles. The van der Waals surface area contributed by atoms with E-state index in [0.717, 1.165) is 12.2 Å². The van der Waals surface area contributed by atoms with Crippen molar-refractivity contribution in [2.24, 2.45) is 5.89 Å². The summed E-state index contributed by atoms with van der Waals surface area (Å²) < 4.78 is 113. The van der Waals surface area contributed by atoms with Crippen LogP contribution in [0.5, 0.6) is 11.5 Å². The van der Waals surface area contributed by atoms with Crippen LogP contribution in [0.4, 0.5) is 0 Å². The lowest BCUT2D eigenvalue weighted by Gasteiger charge is -2.56. The van der Waals surface area contributed by atoms with Gasteiger partial charge in [-0.15, -0.1) is 0 Å². The molecule has 5 atom stereocenters. The lowest BCUT2D eigenvalue weighted by atomic mass is 9.53. The quantitative estimate of drug-likeness (QED) is 0.841. The van der Waals surface area contributed by atoms with Gasteiger partial charge in [-0.25, -0.2) is 0 Å². The van der Waals surface area contributed by atoms with Gasteiger partial charge in [-0.3, -0.25) is 0 Å². The SMILES string of the molecule is [2H]OC1([2H])C=C[C@]2([2H])[C@@]34CCN(C)[C@]2([2H])C([2H])([2H])c2c([2H])c([2H])c(OC([2H])([2H])[2H])c(c23)OC14[2H]. The number of likely N-dealkylation sites (tertiary alicyclic amines) is 1. The first-order chi connectivity index (χ1) is 15.4. The van der Waals surface area contributed by atoms with Gasteiger partial charge in [0.25, 0.3) is 0 Å². The maximum absolute atomic E-state index is 9.50. The highest BCUT2D eigenvalue weighted by atomic mass is 16.5. The van der Waals surface area contributed by atoms with Crippen LogP contribution in [-0.2, 0) is 11.8 Å². The summed E-state index contributed by atoms with van der Waals surface area (Å²) in [5.41, 5.74) is -2.78. The Hall–Kier alpha value is -1.52. The fourth-order valence-corrected chi connectivity index (χ4v) is 3.92. The molecule has 2 heterocycles. The third kappa shape index (κ3) is 1.28. The zero-order valence-electron chi connectivity index (χ0n) is 23.7. The molecule has 0 radical (unpaired) electrons. The van der Waals surface area contributed by atoms with E-state index in [1.807, 2.05) is 0 Å². The molecule has 1 aromatic carbocycles. The second kappa shape index (κ2) is 4.06. The highest BCUT2D eigenvalue weighted by Gasteiger charge is 2.64. The first-order valence-corrected chi connectivity index (χ1v) is 7.02. The number of nitrogens with zero attached hydrogens (tertiary/aromatic N) is 1. The molecule has 1 spiro atoms. The Labute approximate surface area is 147 Å². The molecule has 116 valence electrons. The Balaban J connectivity index is 2.03. The number of hydrogen-bond acceptors (Lipinski definition) is 4. The van der Waals surface area contributed by atoms with Crippen LogP contribution < -0.4 is 9.47 Å². The summed E-state index contributed by atoms with van der Waals surface area (Å²) >= 11 is 0. The molecule has 2 unspecified atom stereocenters. The van der Waals surface area contributed by atoms with Crippen LogP contribution in [0.2, 0.25) is 0 Å². The van der Waals surface area contributed by atoms with E-state index in [1.54, 1.807) is 0 Å². The van der Waals surface area contributed by atoms with Crippen molar-refractivity contribution in [2.45, 2.75) is 36.4 Å². The van der Waals surface area contributed by atoms with Gasteiger partial charge in [0.2, 0.25) is 1.43 Å². The minimum Gasteiger partial charge on any atom is -0.493 e. The first-order valence-electron chi connectivity index (χ1n) is 12.9. The van der Waals surface area contributed by atoms with Crippen LogP contribution in [0.1, 0.15) is 32.6 Å². The molecule has 4 aliphatic rings. The minimum absolute atomic E-state index is 0.0140. The van der Waals surface area contributed by atoms with Crippen LogP contribution in [0, 0.1) is 5.89 Å². The smallest absolute Gasteiger partial charge is 0.211 e. The molecular formula is C18H21NO3. The fraction of sp³-hybridized carbons (Fsp3) is 0.556. The summed E-state index contributed by atoms with van der Waals surface area (Å²) in [6.07, 6.45) is -6.17. The zero-order chi connectivity index (χ0) is 25.5. The average Bonchev–Trinajstić information content (AvgIpc) is 3.00. The van der Waals surface area contributed by atoms with Crippen molar-refractivity contribution in [3.63, 3.8) is 0 Å². The van der Waals surface area contributed by atoms with Gasteiger partial charge in [-0.1, -0.05) is 18.2 Å². The highest BCUT2D eigenvalue weighted by molar-refractivity contribution is 5.62. The van der Waals surface area contributed by atoms with Crippen molar-refractivity contribution in [3.05, 3.63) is 35.4 Å². The lowest BCUT2D eigenvalue weighted by molar-refractivity contribution is -0.0453. The summed E-state index contributed by atoms with van der Waals surface area (Å²) in [5.74, 6) is -3.60. The maximum Gasteiger partial charge on any atom is 0.211 e. The Morgan fingerprint density at radius 2 is 2.59 bits per heavy atom. The number of piperidine rings is 1. The standard InChI is InChI=1S/C18H21NO3/c1-19-8-7-18-11-4-5-13(20)17(18)22-16-14(21-2)6-3-10(15(16)18)9-12(11)19/h3-6,11-13,17,20H,7-9H2,1-2H3/t11-,12+,13?,17?,18-/m0/s1/i2D3,3D,6D,9D2,11D,12D,13D,17D,20D. The Morgan fingerprint density at radius 1 is 1.64 bits per heavy atom. The van der Waals surface area contributed by atoms with Crippen molar-refractivity contribution < 1.29 is 29.7 Å². The molecule has 1 N–H and O–H groups in total. The van der Waals surface area contributed by atoms with Crippen LogP contribution in [-0.4, -0.2) is 50.2 Å². The van der Waals surface area contributed by atoms with E-state index in [4.69, 9.17) is 21.9 Å². The van der Waals surface area contributed by atoms with Gasteiger partial charge < -0.3 is 19.5 Å². The van der Waals surface area contributed by atoms with E-state index >= 15 is 0 Å². The van der Waals surface area contributed by atoms with Crippen LogP contribution in [0.15, 0.2) is 24.2 Å². The van der Waals surface area contributed by atoms with E-state index in [9.17, 15) is 4.11 Å². The number of ether oxygens (including phenoxy) is 2. The first kappa shape index (κ1) is 5.84. The summed E-state index contributed by atoms with van der Waals surface area (Å²) in [4.78, 5) is 1.30. The van der Waals surface area contributed by atoms with Crippen molar-refractivity contribution in [3.8, 4) is 11.5 Å². The summed E-state index contributed by atoms with van der Waals surface area (Å²) in [6.45, 7) is -0.0140. The molecule has 0 saturated carbocycles. The van der Waals surface area contributed by atoms with Gasteiger partial charge in [0, 0.05) is 28.4 Å². The Kier molecular flexibility index (Phi) is 1.08. The van der Waals surface area contributed by atoms with E-state index in [1.165, 1.54) is 11.9 Å². The number of benzene rings is 1. The molecule has 0 amide bonds. The Bertz CT molecular complexity index is 1160. The van der Waals surface area contributed by atoms with E-state index in [-0.39, 0.29) is 18.5 Å². The summed E-state index contributed by atoms with van der Waals surface area (Å²) in [6, 6.07) is -4.04. The van der Waals surface area contributed by atoms with Crippen LogP contribution in [0.3, 0.4) is 0 Å². The molecule has 4 nitrogen and oxygen atoms in total. The zero-order valence-corrected chi connectivity index (χ0v) is 11.7. The molecule has 1 fully saturated rings. The van der Waals surface area contributed by atoms with Gasteiger partial charge >= 0.3 is 0 Å². The molecule has 2 aliphatic carbocycles. The van der Waals surface area contributed by atoms with Gasteiger partial charge in [0.05, 0.1) is 16.6 Å². The van der Waals surface area contributed by atoms with Crippen LogP contribution in [0.25, 0.3) is 0 Å². The number of aliphatic hydroxyl groups is 1. The third-order valence-corrected chi connectivity index (χ3v) is 4.89. The number of rotatable bonds is 2. The molecular weight excluding hydrogens is 278 g/mol. The van der Waals surface area contributed by atoms with Gasteiger partial charge in [0.15, 0.2) is 11.5 Å². The Morgan fingerprint density at radius 3 is 3.45 bits per heavy atom. The second-order valence-corrected chi connectivity index (χ2v) is 5.85. The van der Waals surface area contributed by atoms with E-state index in [2.05, 4.69) is 5.11 Å². The summed E-state index contributed by atoms with van der Waals surface area (Å²) in [7, 11) is -1.66. The molecule has 2 bridgehead atoms. The third-order valence-electron chi connectivity index (χ3n) is 4.89. The predicted octanol–water partition coefficient (Wildman–Crippen LogP) is 1.50. The molecule has 1 saturated heterocycles. The monoisotopic (exact) mass is 311 g/mol. The van der Waals surface area contributed by atoms with Crippen molar-refractivity contribution in [1.29, 1.82) is 1.43 Å². The second-order valence-electron chi connectivity index (χ2n) is 5.85. The molecule has 1 aromatic rings. The molecule has 0 aromatic heterocycles. The van der Waals surface area contributed by atoms with Gasteiger partial charge in [-0.05, 0) is 38.0 Å². The highest BCUT2D eigenvalue weighted by Crippen LogP contribution is 2.62. The van der Waals surface area contributed by atoms with Crippen LogP contribution >= 0.6 is 0 Å². The van der Waals surface area contributed by atoms with Gasteiger partial charge in [-0.2, -0.15) is 0 Å². The van der Waals surface area contributed by atoms with Crippen molar-refractivity contribution in [1.82, 2.24) is 4.90 Å². The lowest BCUT2D eigenvalue weighted by Crippen LogP contribution is -2.64. The summed E-state index contributed by atoms with van der Waals surface area (Å²) in [5, 5.41) is 4.60.